The highest BCUT2D eigenvalue weighted by Crippen LogP contribution is 2.38. The Bertz CT molecular complexity index is 896. The summed E-state index contributed by atoms with van der Waals surface area (Å²) in [6, 6.07) is -0.800. The van der Waals surface area contributed by atoms with Crippen LogP contribution < -0.4 is 10.2 Å². The molecule has 2 N–H and O–H groups in total. The molecule has 8 nitrogen and oxygen atoms in total. The molecule has 3 atom stereocenters. The molecule has 0 heterocycles. The number of carbonyl (C=O) groups excluding carboxylic acids is 1. The van der Waals surface area contributed by atoms with Gasteiger partial charge in [-0.2, -0.15) is 0 Å². The maximum atomic E-state index is 12.8. The molecule has 0 rings (SSSR count). The van der Waals surface area contributed by atoms with Gasteiger partial charge in [-0.15, -0.1) is 0 Å². The molecule has 0 spiro atoms. The number of phosphoric acid groups is 1. The number of nitrogens with one attached hydrogen (secondary N) is 1. The molecule has 3 unspecified atom stereocenters. The summed E-state index contributed by atoms with van der Waals surface area (Å²) in [5.41, 5.74) is 0. The lowest BCUT2D eigenvalue weighted by molar-refractivity contribution is -0.870. The highest BCUT2D eigenvalue weighted by molar-refractivity contribution is 7.45. The standard InChI is InChI=1S/C45H91N2O6P/c1-6-8-10-12-14-16-18-20-21-22-23-24-25-27-28-30-32-34-36-38-44(48)43(42-53-54(50,51)52-41-40-47(3,4)5)46-45(49)39-37-35-33-31-29-26-19-17-15-13-11-9-7-2/h17,19,43-44,48H,6-16,18,20-42H2,1-5H3,(H-,46,49,50,51)/b19-17-. The fourth-order valence-corrected chi connectivity index (χ4v) is 7.52. The van der Waals surface area contributed by atoms with Crippen LogP contribution in [-0.2, 0) is 18.4 Å². The van der Waals surface area contributed by atoms with Gasteiger partial charge >= 0.3 is 0 Å². The molecule has 0 aliphatic rings. The summed E-state index contributed by atoms with van der Waals surface area (Å²) in [7, 11) is 1.31. The Hall–Kier alpha value is -0.760. The third-order valence-electron chi connectivity index (χ3n) is 10.5. The van der Waals surface area contributed by atoms with Crippen LogP contribution in [0.4, 0.5) is 0 Å². The van der Waals surface area contributed by atoms with Gasteiger partial charge in [-0.05, 0) is 38.5 Å². The Morgan fingerprint density at radius 3 is 1.46 bits per heavy atom. The summed E-state index contributed by atoms with van der Waals surface area (Å²) in [5.74, 6) is -0.173. The maximum absolute atomic E-state index is 12.8. The van der Waals surface area contributed by atoms with Gasteiger partial charge in [0.05, 0.1) is 39.9 Å². The van der Waals surface area contributed by atoms with Crippen LogP contribution in [0.25, 0.3) is 0 Å². The minimum atomic E-state index is -4.56. The normalized spacial score (nSPS) is 14.4. The lowest BCUT2D eigenvalue weighted by Crippen LogP contribution is -2.46. The second kappa shape index (κ2) is 37.8. The first-order chi connectivity index (χ1) is 26.0. The van der Waals surface area contributed by atoms with E-state index in [2.05, 4.69) is 31.3 Å². The van der Waals surface area contributed by atoms with Crippen molar-refractivity contribution in [2.75, 3.05) is 40.9 Å². The van der Waals surface area contributed by atoms with E-state index < -0.39 is 20.0 Å². The highest BCUT2D eigenvalue weighted by Gasteiger charge is 2.24. The first-order valence-electron chi connectivity index (χ1n) is 23.0. The summed E-state index contributed by atoms with van der Waals surface area (Å²) in [4.78, 5) is 25.3. The van der Waals surface area contributed by atoms with E-state index in [1.54, 1.807) is 0 Å². The Morgan fingerprint density at radius 2 is 1.02 bits per heavy atom. The first-order valence-corrected chi connectivity index (χ1v) is 24.5. The number of unbranched alkanes of at least 4 members (excludes halogenated alkanes) is 27. The van der Waals surface area contributed by atoms with Gasteiger partial charge in [0, 0.05) is 6.42 Å². The second-order valence-corrected chi connectivity index (χ2v) is 18.5. The number of carbonyl (C=O) groups is 1. The van der Waals surface area contributed by atoms with Crippen LogP contribution in [0.1, 0.15) is 219 Å². The van der Waals surface area contributed by atoms with Gasteiger partial charge in [-0.25, -0.2) is 0 Å². The zero-order valence-corrected chi connectivity index (χ0v) is 37.3. The molecule has 0 aromatic rings. The predicted molar refractivity (Wildman–Crippen MR) is 229 cm³/mol. The minimum Gasteiger partial charge on any atom is -0.756 e. The molecule has 0 saturated heterocycles. The number of hydrogen-bond acceptors (Lipinski definition) is 6. The number of phosphoric ester groups is 1. The third-order valence-corrected chi connectivity index (χ3v) is 11.5. The van der Waals surface area contributed by atoms with Crippen LogP contribution in [0.5, 0.6) is 0 Å². The number of likely N-dealkylation sites (N-methyl/N-ethyl adjacent to an activating group) is 1. The predicted octanol–water partition coefficient (Wildman–Crippen LogP) is 12.1. The number of allylic oxidation sites excluding steroid dienone is 2. The van der Waals surface area contributed by atoms with Crippen LogP contribution in [-0.4, -0.2) is 68.5 Å². The van der Waals surface area contributed by atoms with Crippen molar-refractivity contribution in [2.24, 2.45) is 0 Å². The lowest BCUT2D eigenvalue weighted by Gasteiger charge is -2.30. The SMILES string of the molecule is CCCCCC/C=C\CCCCCCCC(=O)NC(COP(=O)([O-])OCC[N+](C)(C)C)C(O)CCCCCCCCCCCCCCCCCCCCC. The van der Waals surface area contributed by atoms with Gasteiger partial charge in [0.25, 0.3) is 7.82 Å². The van der Waals surface area contributed by atoms with Crippen molar-refractivity contribution in [1.82, 2.24) is 5.32 Å². The number of aliphatic hydroxyl groups is 1. The second-order valence-electron chi connectivity index (χ2n) is 17.1. The molecule has 0 saturated carbocycles. The fraction of sp³-hybridized carbons (Fsp3) is 0.933. The molecule has 322 valence electrons. The van der Waals surface area contributed by atoms with E-state index in [0.29, 0.717) is 23.9 Å². The largest absolute Gasteiger partial charge is 0.756 e. The van der Waals surface area contributed by atoms with E-state index in [9.17, 15) is 19.4 Å². The molecule has 0 aliphatic carbocycles. The smallest absolute Gasteiger partial charge is 0.268 e. The molecular weight excluding hydrogens is 695 g/mol. The van der Waals surface area contributed by atoms with E-state index >= 15 is 0 Å². The van der Waals surface area contributed by atoms with Gasteiger partial charge in [0.15, 0.2) is 0 Å². The molecule has 0 bridgehead atoms. The number of hydrogen-bond donors (Lipinski definition) is 2. The molecule has 0 aromatic carbocycles. The van der Waals surface area contributed by atoms with Crippen molar-refractivity contribution in [3.05, 3.63) is 12.2 Å². The minimum absolute atomic E-state index is 0.0124. The molecule has 0 fully saturated rings. The highest BCUT2D eigenvalue weighted by atomic mass is 31.2. The first kappa shape index (κ1) is 53.2. The van der Waals surface area contributed by atoms with Crippen molar-refractivity contribution in [1.29, 1.82) is 0 Å². The number of nitrogens with zero attached hydrogens (tertiary/aromatic N) is 1. The number of rotatable bonds is 42. The van der Waals surface area contributed by atoms with Crippen molar-refractivity contribution in [2.45, 2.75) is 231 Å². The van der Waals surface area contributed by atoms with Crippen molar-refractivity contribution < 1.29 is 32.9 Å². The summed E-state index contributed by atoms with van der Waals surface area (Å²) in [6.45, 7) is 4.71. The van der Waals surface area contributed by atoms with Crippen LogP contribution in [0, 0.1) is 0 Å². The summed E-state index contributed by atoms with van der Waals surface area (Å²) >= 11 is 0. The molecule has 54 heavy (non-hydrogen) atoms. The molecule has 0 radical (unpaired) electrons. The van der Waals surface area contributed by atoms with E-state index in [1.807, 2.05) is 21.1 Å². The van der Waals surface area contributed by atoms with Crippen LogP contribution in [0.2, 0.25) is 0 Å². The van der Waals surface area contributed by atoms with E-state index in [4.69, 9.17) is 9.05 Å². The number of amides is 1. The summed E-state index contributed by atoms with van der Waals surface area (Å²) in [6.07, 6.45) is 42.1. The Kier molecular flexibility index (Phi) is 37.3. The van der Waals surface area contributed by atoms with Gasteiger partial charge in [0.2, 0.25) is 5.91 Å². The Labute approximate surface area is 335 Å². The summed E-state index contributed by atoms with van der Waals surface area (Å²) < 4.78 is 23.3. The van der Waals surface area contributed by atoms with Gasteiger partial charge in [-0.1, -0.05) is 187 Å². The monoisotopic (exact) mass is 787 g/mol. The van der Waals surface area contributed by atoms with Crippen molar-refractivity contribution in [3.63, 3.8) is 0 Å². The van der Waals surface area contributed by atoms with Crippen LogP contribution >= 0.6 is 7.82 Å². The van der Waals surface area contributed by atoms with E-state index in [0.717, 1.165) is 51.4 Å². The zero-order chi connectivity index (χ0) is 40.0. The van der Waals surface area contributed by atoms with Crippen LogP contribution in [0.15, 0.2) is 12.2 Å². The zero-order valence-electron chi connectivity index (χ0n) is 36.4. The van der Waals surface area contributed by atoms with Gasteiger partial charge < -0.3 is 28.8 Å². The lowest BCUT2D eigenvalue weighted by atomic mass is 10.0. The van der Waals surface area contributed by atoms with Gasteiger partial charge in [0.1, 0.15) is 13.2 Å². The van der Waals surface area contributed by atoms with Gasteiger partial charge in [-0.3, -0.25) is 9.36 Å². The topological polar surface area (TPSA) is 108 Å². The average Bonchev–Trinajstić information content (AvgIpc) is 3.12. The Balaban J connectivity index is 4.31. The average molecular weight is 787 g/mol. The van der Waals surface area contributed by atoms with E-state index in [1.165, 1.54) is 141 Å². The number of aliphatic hydroxyl groups excluding tert-OH is 1. The quantitative estimate of drug-likeness (QED) is 0.0276. The fourth-order valence-electron chi connectivity index (χ4n) is 6.80. The van der Waals surface area contributed by atoms with Crippen molar-refractivity contribution in [3.8, 4) is 0 Å². The van der Waals surface area contributed by atoms with Crippen LogP contribution in [0.3, 0.4) is 0 Å². The number of quaternary nitrogens is 1. The van der Waals surface area contributed by atoms with Crippen molar-refractivity contribution >= 4 is 13.7 Å². The molecular formula is C45H91N2O6P. The Morgan fingerprint density at radius 1 is 0.630 bits per heavy atom. The molecule has 1 amide bonds. The van der Waals surface area contributed by atoms with E-state index in [-0.39, 0.29) is 19.1 Å². The molecule has 0 aromatic heterocycles. The molecule has 9 heteroatoms. The third kappa shape index (κ3) is 39.5. The summed E-state index contributed by atoms with van der Waals surface area (Å²) in [5, 5.41) is 13.9. The maximum Gasteiger partial charge on any atom is 0.268 e. The molecule has 0 aliphatic heterocycles.